The van der Waals surface area contributed by atoms with Crippen LogP contribution in [0.3, 0.4) is 0 Å². The molecule has 0 bridgehead atoms. The molecule has 0 unspecified atom stereocenters. The highest BCUT2D eigenvalue weighted by Gasteiger charge is 2.19. The molecule has 220 valence electrons. The minimum Gasteiger partial charge on any atom is -0.455 e. The predicted octanol–water partition coefficient (Wildman–Crippen LogP) is 13.4. The summed E-state index contributed by atoms with van der Waals surface area (Å²) in [5.41, 5.74) is 7.66. The van der Waals surface area contributed by atoms with Crippen LogP contribution in [0.2, 0.25) is 0 Å². The van der Waals surface area contributed by atoms with Crippen molar-refractivity contribution in [3.63, 3.8) is 0 Å². The summed E-state index contributed by atoms with van der Waals surface area (Å²) in [5, 5.41) is 9.71. The summed E-state index contributed by atoms with van der Waals surface area (Å²) in [7, 11) is 0. The number of furan rings is 1. The van der Waals surface area contributed by atoms with E-state index in [0.29, 0.717) is 0 Å². The summed E-state index contributed by atoms with van der Waals surface area (Å²) in [6.45, 7) is 0. The van der Waals surface area contributed by atoms with Gasteiger partial charge >= 0.3 is 0 Å². The lowest BCUT2D eigenvalue weighted by molar-refractivity contribution is 0.672. The first-order chi connectivity index (χ1) is 23.3. The van der Waals surface area contributed by atoms with Crippen molar-refractivity contribution in [3.8, 4) is 11.1 Å². The molecule has 0 fully saturated rings. The van der Waals surface area contributed by atoms with Gasteiger partial charge in [0.1, 0.15) is 11.2 Å². The van der Waals surface area contributed by atoms with Gasteiger partial charge in [-0.1, -0.05) is 103 Å². The van der Waals surface area contributed by atoms with Gasteiger partial charge in [-0.2, -0.15) is 0 Å². The van der Waals surface area contributed by atoms with Crippen LogP contribution in [-0.2, 0) is 0 Å². The lowest BCUT2D eigenvalue weighted by atomic mass is 9.95. The normalized spacial score (nSPS) is 11.8. The largest absolute Gasteiger partial charge is 0.455 e. The Morgan fingerprint density at radius 1 is 0.447 bits per heavy atom. The highest BCUT2D eigenvalue weighted by Crippen LogP contribution is 2.47. The molecule has 0 saturated carbocycles. The van der Waals surface area contributed by atoms with Crippen molar-refractivity contribution in [2.75, 3.05) is 4.90 Å². The topological polar surface area (TPSA) is 16.4 Å². The molecule has 2 heterocycles. The molecule has 10 rings (SSSR count). The molecule has 3 heteroatoms. The molecule has 2 nitrogen and oxygen atoms in total. The number of thiophene rings is 1. The van der Waals surface area contributed by atoms with Gasteiger partial charge in [0.25, 0.3) is 0 Å². The van der Waals surface area contributed by atoms with E-state index in [4.69, 9.17) is 4.42 Å². The number of hydrogen-bond donors (Lipinski definition) is 0. The second kappa shape index (κ2) is 10.3. The zero-order valence-electron chi connectivity index (χ0n) is 25.4. The summed E-state index contributed by atoms with van der Waals surface area (Å²) in [6.07, 6.45) is 0. The summed E-state index contributed by atoms with van der Waals surface area (Å²) in [6, 6.07) is 58.9. The van der Waals surface area contributed by atoms with Crippen molar-refractivity contribution in [1.29, 1.82) is 0 Å². The van der Waals surface area contributed by atoms with E-state index in [2.05, 4.69) is 163 Å². The standard InChI is InChI=1S/C44H27NOS/c1-3-11-28(12-4-1)37-25-30-13-7-8-16-34(30)44-42(37)39-27-33(22-24-41(39)47-44)45(31-14-5-2-6-15-31)32-21-19-29-20-23-36-35-17-9-10-18-40(35)46-43(36)38(29)26-32/h1-27H. The summed E-state index contributed by atoms with van der Waals surface area (Å²) >= 11 is 1.89. The predicted molar refractivity (Wildman–Crippen MR) is 202 cm³/mol. The minimum atomic E-state index is 0.914. The van der Waals surface area contributed by atoms with Gasteiger partial charge in [0.15, 0.2) is 0 Å². The first-order valence-corrected chi connectivity index (χ1v) is 16.7. The molecule has 0 N–H and O–H groups in total. The lowest BCUT2D eigenvalue weighted by Gasteiger charge is -2.26. The van der Waals surface area contributed by atoms with E-state index in [1.165, 1.54) is 42.1 Å². The first-order valence-electron chi connectivity index (χ1n) is 15.9. The summed E-state index contributed by atoms with van der Waals surface area (Å²) < 4.78 is 9.10. The Morgan fingerprint density at radius 3 is 1.98 bits per heavy atom. The Labute approximate surface area is 275 Å². The number of benzene rings is 8. The van der Waals surface area contributed by atoms with Crippen molar-refractivity contribution >= 4 is 92.1 Å². The number of hydrogen-bond acceptors (Lipinski definition) is 3. The maximum Gasteiger partial charge on any atom is 0.143 e. The Bertz CT molecular complexity index is 2790. The average molecular weight is 618 g/mol. The van der Waals surface area contributed by atoms with E-state index in [-0.39, 0.29) is 0 Å². The van der Waals surface area contributed by atoms with Crippen LogP contribution in [0.15, 0.2) is 168 Å². The van der Waals surface area contributed by atoms with Crippen LogP contribution < -0.4 is 4.90 Å². The van der Waals surface area contributed by atoms with Crippen molar-refractivity contribution in [3.05, 3.63) is 164 Å². The van der Waals surface area contributed by atoms with Crippen LogP contribution in [0, 0.1) is 0 Å². The third kappa shape index (κ3) is 4.10. The van der Waals surface area contributed by atoms with E-state index in [1.807, 2.05) is 17.4 Å². The summed E-state index contributed by atoms with van der Waals surface area (Å²) in [5.74, 6) is 0. The Morgan fingerprint density at radius 2 is 1.13 bits per heavy atom. The fourth-order valence-corrected chi connectivity index (χ4v) is 8.48. The molecule has 0 saturated heterocycles. The van der Waals surface area contributed by atoms with Crippen molar-refractivity contribution in [2.45, 2.75) is 0 Å². The van der Waals surface area contributed by atoms with Gasteiger partial charge in [-0.3, -0.25) is 0 Å². The second-order valence-electron chi connectivity index (χ2n) is 12.1. The van der Waals surface area contributed by atoms with Crippen molar-refractivity contribution < 1.29 is 4.42 Å². The quantitative estimate of drug-likeness (QED) is 0.195. The Kier molecular flexibility index (Phi) is 5.78. The van der Waals surface area contributed by atoms with Crippen LogP contribution in [0.25, 0.3) is 74.8 Å². The van der Waals surface area contributed by atoms with E-state index in [1.54, 1.807) is 0 Å². The molecule has 0 aliphatic rings. The zero-order valence-corrected chi connectivity index (χ0v) is 26.2. The number of rotatable bonds is 4. The molecular weight excluding hydrogens is 591 g/mol. The number of para-hydroxylation sites is 2. The van der Waals surface area contributed by atoms with Crippen LogP contribution in [0.4, 0.5) is 17.1 Å². The lowest BCUT2D eigenvalue weighted by Crippen LogP contribution is -2.09. The molecule has 10 aromatic rings. The number of fused-ring (bicyclic) bond motifs is 10. The Balaban J connectivity index is 1.24. The van der Waals surface area contributed by atoms with Crippen LogP contribution in [-0.4, -0.2) is 0 Å². The van der Waals surface area contributed by atoms with Crippen LogP contribution in [0.1, 0.15) is 0 Å². The third-order valence-electron chi connectivity index (χ3n) is 9.41. The molecule has 0 atom stereocenters. The highest BCUT2D eigenvalue weighted by molar-refractivity contribution is 7.26. The molecule has 2 aromatic heterocycles. The number of anilines is 3. The van der Waals surface area contributed by atoms with Gasteiger partial charge < -0.3 is 9.32 Å². The van der Waals surface area contributed by atoms with Gasteiger partial charge in [-0.15, -0.1) is 11.3 Å². The fourth-order valence-electron chi connectivity index (χ4n) is 7.24. The molecule has 0 aliphatic heterocycles. The molecule has 0 aliphatic carbocycles. The molecule has 0 spiro atoms. The van der Waals surface area contributed by atoms with Gasteiger partial charge in [0.05, 0.1) is 0 Å². The average Bonchev–Trinajstić information content (AvgIpc) is 3.71. The highest BCUT2D eigenvalue weighted by atomic mass is 32.1. The second-order valence-corrected chi connectivity index (χ2v) is 13.2. The molecule has 0 radical (unpaired) electrons. The van der Waals surface area contributed by atoms with Crippen LogP contribution >= 0.6 is 11.3 Å². The van der Waals surface area contributed by atoms with Gasteiger partial charge in [-0.05, 0) is 87.9 Å². The summed E-state index contributed by atoms with van der Waals surface area (Å²) in [4.78, 5) is 2.37. The monoisotopic (exact) mass is 617 g/mol. The maximum absolute atomic E-state index is 6.48. The first kappa shape index (κ1) is 26.3. The molecular formula is C44H27NOS. The fraction of sp³-hybridized carbons (Fsp3) is 0. The minimum absolute atomic E-state index is 0.914. The van der Waals surface area contributed by atoms with E-state index >= 15 is 0 Å². The third-order valence-corrected chi connectivity index (χ3v) is 10.6. The molecule has 8 aromatic carbocycles. The van der Waals surface area contributed by atoms with Crippen molar-refractivity contribution in [2.24, 2.45) is 0 Å². The zero-order chi connectivity index (χ0) is 30.9. The van der Waals surface area contributed by atoms with Gasteiger partial charge in [0, 0.05) is 53.4 Å². The van der Waals surface area contributed by atoms with Gasteiger partial charge in [-0.25, -0.2) is 0 Å². The SMILES string of the molecule is c1ccc(-c2cc3ccccc3c3sc4ccc(N(c5ccccc5)c5ccc6ccc7c8ccccc8oc7c6c5)cc4c23)cc1. The number of nitrogens with zero attached hydrogens (tertiary/aromatic N) is 1. The van der Waals surface area contributed by atoms with E-state index < -0.39 is 0 Å². The van der Waals surface area contributed by atoms with E-state index in [9.17, 15) is 0 Å². The maximum atomic E-state index is 6.48. The molecule has 0 amide bonds. The Hall–Kier alpha value is -5.90. The van der Waals surface area contributed by atoms with Gasteiger partial charge in [0.2, 0.25) is 0 Å². The van der Waals surface area contributed by atoms with Crippen molar-refractivity contribution in [1.82, 2.24) is 0 Å². The van der Waals surface area contributed by atoms with Crippen LogP contribution in [0.5, 0.6) is 0 Å². The smallest absolute Gasteiger partial charge is 0.143 e. The van der Waals surface area contributed by atoms with E-state index in [0.717, 1.165) is 49.8 Å². The molecule has 47 heavy (non-hydrogen) atoms.